The Morgan fingerprint density at radius 1 is 1.00 bits per heavy atom. The Morgan fingerprint density at radius 2 is 1.33 bits per heavy atom. The van der Waals surface area contributed by atoms with Crippen molar-refractivity contribution in [3.63, 3.8) is 0 Å². The van der Waals surface area contributed by atoms with E-state index in [4.69, 9.17) is 5.73 Å². The van der Waals surface area contributed by atoms with Gasteiger partial charge in [0.05, 0.1) is 5.57 Å². The molecule has 0 bridgehead atoms. The van der Waals surface area contributed by atoms with Gasteiger partial charge in [-0.05, 0) is 0 Å². The zero-order valence-electron chi connectivity index (χ0n) is 10.7. The highest BCUT2D eigenvalue weighted by molar-refractivity contribution is 5.93. The van der Waals surface area contributed by atoms with Crippen molar-refractivity contribution in [3.05, 3.63) is 50.1 Å². The topological polar surface area (TPSA) is 79.2 Å². The summed E-state index contributed by atoms with van der Waals surface area (Å²) < 4.78 is 0. The number of rotatable bonds is 11. The van der Waals surface area contributed by atoms with Crippen LogP contribution in [0.5, 0.6) is 0 Å². The van der Waals surface area contributed by atoms with Crippen molar-refractivity contribution in [2.45, 2.75) is 5.79 Å². The summed E-state index contributed by atoms with van der Waals surface area (Å²) >= 11 is 0. The SMILES string of the molecule is C=CCNC(NCC=C)(NCC=C)C(=C)C(N)=O. The standard InChI is InChI=1S/C13H22N4O/c1-5-8-15-13(16-9-6-2,17-10-7-3)11(4)12(14)18/h5-7,15-17H,1-4,8-10H2,(H2,14,18). The van der Waals surface area contributed by atoms with E-state index in [0.717, 1.165) is 0 Å². The van der Waals surface area contributed by atoms with Gasteiger partial charge in [0, 0.05) is 19.6 Å². The van der Waals surface area contributed by atoms with Crippen molar-refractivity contribution in [2.75, 3.05) is 19.6 Å². The van der Waals surface area contributed by atoms with Crippen LogP contribution in [0.4, 0.5) is 0 Å². The predicted molar refractivity (Wildman–Crippen MR) is 75.7 cm³/mol. The van der Waals surface area contributed by atoms with Crippen LogP contribution in [0.2, 0.25) is 0 Å². The van der Waals surface area contributed by atoms with E-state index in [1.807, 2.05) is 0 Å². The van der Waals surface area contributed by atoms with Gasteiger partial charge in [-0.1, -0.05) is 24.8 Å². The van der Waals surface area contributed by atoms with Gasteiger partial charge >= 0.3 is 0 Å². The average molecular weight is 250 g/mol. The Morgan fingerprint density at radius 3 is 1.56 bits per heavy atom. The third kappa shape index (κ3) is 4.67. The number of primary amides is 1. The summed E-state index contributed by atoms with van der Waals surface area (Å²) in [5, 5.41) is 9.29. The highest BCUT2D eigenvalue weighted by atomic mass is 16.1. The summed E-state index contributed by atoms with van der Waals surface area (Å²) in [4.78, 5) is 11.4. The molecule has 0 radical (unpaired) electrons. The summed E-state index contributed by atoms with van der Waals surface area (Å²) in [6.07, 6.45) is 5.02. The number of hydrogen-bond donors (Lipinski definition) is 4. The molecule has 0 aromatic rings. The average Bonchev–Trinajstić information content (AvgIpc) is 2.37. The van der Waals surface area contributed by atoms with E-state index in [1.165, 1.54) is 0 Å². The van der Waals surface area contributed by atoms with Gasteiger partial charge in [-0.25, -0.2) is 0 Å². The zero-order valence-corrected chi connectivity index (χ0v) is 10.7. The summed E-state index contributed by atoms with van der Waals surface area (Å²) in [6, 6.07) is 0. The fourth-order valence-corrected chi connectivity index (χ4v) is 1.37. The van der Waals surface area contributed by atoms with E-state index in [1.54, 1.807) is 18.2 Å². The third-order valence-corrected chi connectivity index (χ3v) is 2.28. The van der Waals surface area contributed by atoms with Gasteiger partial charge in [0.15, 0.2) is 5.79 Å². The summed E-state index contributed by atoms with van der Waals surface area (Å²) in [5.41, 5.74) is 5.49. The number of carbonyl (C=O) groups excluding carboxylic acids is 1. The van der Waals surface area contributed by atoms with E-state index in [9.17, 15) is 4.79 Å². The maximum Gasteiger partial charge on any atom is 0.248 e. The minimum Gasteiger partial charge on any atom is -0.366 e. The molecule has 100 valence electrons. The Labute approximate surface area is 109 Å². The van der Waals surface area contributed by atoms with Crippen LogP contribution in [-0.2, 0) is 4.79 Å². The lowest BCUT2D eigenvalue weighted by Crippen LogP contribution is -2.69. The zero-order chi connectivity index (χ0) is 14.0. The highest BCUT2D eigenvalue weighted by Gasteiger charge is 2.33. The van der Waals surface area contributed by atoms with E-state index < -0.39 is 11.7 Å². The van der Waals surface area contributed by atoms with Crippen molar-refractivity contribution in [1.29, 1.82) is 0 Å². The number of carbonyl (C=O) groups is 1. The smallest absolute Gasteiger partial charge is 0.248 e. The highest BCUT2D eigenvalue weighted by Crippen LogP contribution is 2.08. The fraction of sp³-hybridized carbons (Fsp3) is 0.308. The van der Waals surface area contributed by atoms with Crippen LogP contribution >= 0.6 is 0 Å². The number of nitrogens with two attached hydrogens (primary N) is 1. The van der Waals surface area contributed by atoms with Crippen LogP contribution in [0.15, 0.2) is 50.1 Å². The molecule has 0 unspecified atom stereocenters. The van der Waals surface area contributed by atoms with Gasteiger partial charge in [0.25, 0.3) is 0 Å². The van der Waals surface area contributed by atoms with Crippen molar-refractivity contribution in [3.8, 4) is 0 Å². The lowest BCUT2D eigenvalue weighted by Gasteiger charge is -2.36. The molecule has 0 aliphatic carbocycles. The first-order valence-electron chi connectivity index (χ1n) is 5.61. The van der Waals surface area contributed by atoms with Gasteiger partial charge in [-0.15, -0.1) is 19.7 Å². The molecule has 0 rings (SSSR count). The Hall–Kier alpha value is -1.69. The Bertz CT molecular complexity index is 305. The van der Waals surface area contributed by atoms with Crippen LogP contribution in [0.25, 0.3) is 0 Å². The third-order valence-electron chi connectivity index (χ3n) is 2.28. The molecule has 0 fully saturated rings. The first-order chi connectivity index (χ1) is 8.54. The lowest BCUT2D eigenvalue weighted by atomic mass is 10.1. The minimum absolute atomic E-state index is 0.188. The first-order valence-corrected chi connectivity index (χ1v) is 5.61. The van der Waals surface area contributed by atoms with Gasteiger partial charge in [-0.2, -0.15) is 0 Å². The van der Waals surface area contributed by atoms with Gasteiger partial charge < -0.3 is 5.73 Å². The monoisotopic (exact) mass is 250 g/mol. The van der Waals surface area contributed by atoms with Crippen LogP contribution in [0.1, 0.15) is 0 Å². The maximum atomic E-state index is 11.4. The summed E-state index contributed by atoms with van der Waals surface area (Å²) in [7, 11) is 0. The lowest BCUT2D eigenvalue weighted by molar-refractivity contribution is -0.115. The number of amides is 1. The Balaban J connectivity index is 5.13. The second-order valence-corrected chi connectivity index (χ2v) is 3.60. The second-order valence-electron chi connectivity index (χ2n) is 3.60. The molecule has 0 aliphatic rings. The number of hydrogen-bond acceptors (Lipinski definition) is 4. The molecule has 0 atom stereocenters. The first kappa shape index (κ1) is 16.3. The van der Waals surface area contributed by atoms with Gasteiger partial charge in [-0.3, -0.25) is 20.7 Å². The molecular formula is C13H22N4O. The Kier molecular flexibility index (Phi) is 7.62. The molecule has 0 saturated carbocycles. The second kappa shape index (κ2) is 8.41. The molecule has 1 amide bonds. The predicted octanol–water partition coefficient (Wildman–Crippen LogP) is 0.00850. The molecule has 18 heavy (non-hydrogen) atoms. The molecule has 0 heterocycles. The van der Waals surface area contributed by atoms with Gasteiger partial charge in [0.2, 0.25) is 5.91 Å². The van der Waals surface area contributed by atoms with Crippen molar-refractivity contribution in [1.82, 2.24) is 16.0 Å². The van der Waals surface area contributed by atoms with Crippen LogP contribution in [0.3, 0.4) is 0 Å². The normalized spacial score (nSPS) is 10.7. The molecule has 5 N–H and O–H groups in total. The summed E-state index contributed by atoms with van der Waals surface area (Å²) in [5.74, 6) is -1.60. The number of nitrogens with one attached hydrogen (secondary N) is 3. The molecule has 0 spiro atoms. The van der Waals surface area contributed by atoms with E-state index in [0.29, 0.717) is 19.6 Å². The molecular weight excluding hydrogens is 228 g/mol. The molecule has 0 aromatic heterocycles. The van der Waals surface area contributed by atoms with E-state index >= 15 is 0 Å². The van der Waals surface area contributed by atoms with Crippen LogP contribution in [-0.4, -0.2) is 31.3 Å². The van der Waals surface area contributed by atoms with Crippen LogP contribution < -0.4 is 21.7 Å². The largest absolute Gasteiger partial charge is 0.366 e. The van der Waals surface area contributed by atoms with Gasteiger partial charge in [0.1, 0.15) is 0 Å². The van der Waals surface area contributed by atoms with Crippen molar-refractivity contribution < 1.29 is 4.79 Å². The van der Waals surface area contributed by atoms with E-state index in [-0.39, 0.29) is 5.57 Å². The molecule has 0 saturated heterocycles. The molecule has 0 aliphatic heterocycles. The summed E-state index contributed by atoms with van der Waals surface area (Å²) in [6.45, 7) is 16.0. The molecule has 5 heteroatoms. The minimum atomic E-state index is -0.998. The maximum absolute atomic E-state index is 11.4. The van der Waals surface area contributed by atoms with Crippen molar-refractivity contribution in [2.24, 2.45) is 5.73 Å². The van der Waals surface area contributed by atoms with E-state index in [2.05, 4.69) is 42.3 Å². The van der Waals surface area contributed by atoms with Crippen LogP contribution in [0, 0.1) is 0 Å². The van der Waals surface area contributed by atoms with Crippen molar-refractivity contribution >= 4 is 5.91 Å². The quantitative estimate of drug-likeness (QED) is 0.237. The fourth-order valence-electron chi connectivity index (χ4n) is 1.37. The molecule has 0 aromatic carbocycles. The molecule has 5 nitrogen and oxygen atoms in total.